The van der Waals surface area contributed by atoms with E-state index in [0.29, 0.717) is 23.6 Å². The molecule has 0 fully saturated rings. The number of fused-ring (bicyclic) bond motifs is 1. The number of rotatable bonds is 3. The zero-order chi connectivity index (χ0) is 19.6. The Hall–Kier alpha value is -2.54. The Morgan fingerprint density at radius 3 is 2.41 bits per heavy atom. The zero-order valence-corrected chi connectivity index (χ0v) is 17.3. The Kier molecular flexibility index (Phi) is 5.70. The molecule has 0 bridgehead atoms. The number of halogens is 1. The molecule has 1 heterocycles. The summed E-state index contributed by atoms with van der Waals surface area (Å²) in [6.45, 7) is 1.98. The second kappa shape index (κ2) is 8.00. The summed E-state index contributed by atoms with van der Waals surface area (Å²) in [6, 6.07) is 11.4. The van der Waals surface area contributed by atoms with Crippen molar-refractivity contribution in [1.82, 2.24) is 10.3 Å². The van der Waals surface area contributed by atoms with Crippen LogP contribution >= 0.6 is 15.9 Å². The largest absolute Gasteiger partial charge is 0.493 e. The molecule has 27 heavy (non-hydrogen) atoms. The van der Waals surface area contributed by atoms with Crippen molar-refractivity contribution in [2.75, 3.05) is 21.3 Å². The molecule has 142 valence electrons. The second-order valence-corrected chi connectivity index (χ2v) is 7.19. The van der Waals surface area contributed by atoms with Gasteiger partial charge in [-0.25, -0.2) is 9.80 Å². The molecule has 1 aliphatic rings. The fourth-order valence-electron chi connectivity index (χ4n) is 3.16. The summed E-state index contributed by atoms with van der Waals surface area (Å²) in [5.41, 5.74) is 3.60. The summed E-state index contributed by atoms with van der Waals surface area (Å²) in [5, 5.41) is 8.89. The SMILES string of the molecule is CNC(=O)N1N=C(c2ccc(Br)cc2)c2cc(OC)c(OC)cc2C[C@H]1C. The van der Waals surface area contributed by atoms with Gasteiger partial charge < -0.3 is 14.8 Å². The number of nitrogens with zero attached hydrogens (tertiary/aromatic N) is 2. The van der Waals surface area contributed by atoms with Crippen molar-refractivity contribution < 1.29 is 14.3 Å². The highest BCUT2D eigenvalue weighted by Crippen LogP contribution is 2.34. The predicted molar refractivity (Wildman–Crippen MR) is 109 cm³/mol. The quantitative estimate of drug-likeness (QED) is 0.803. The first kappa shape index (κ1) is 19.2. The third kappa shape index (κ3) is 3.78. The summed E-state index contributed by atoms with van der Waals surface area (Å²) in [5.74, 6) is 1.29. The van der Waals surface area contributed by atoms with E-state index in [1.54, 1.807) is 21.3 Å². The van der Waals surface area contributed by atoms with Crippen molar-refractivity contribution in [2.24, 2.45) is 5.10 Å². The third-order valence-corrected chi connectivity index (χ3v) is 5.07. The van der Waals surface area contributed by atoms with E-state index in [2.05, 4.69) is 21.2 Å². The lowest BCUT2D eigenvalue weighted by Gasteiger charge is -2.22. The van der Waals surface area contributed by atoms with Crippen molar-refractivity contribution in [1.29, 1.82) is 0 Å². The second-order valence-electron chi connectivity index (χ2n) is 6.27. The number of amides is 2. The maximum atomic E-state index is 12.4. The van der Waals surface area contributed by atoms with Crippen molar-refractivity contribution in [3.63, 3.8) is 0 Å². The predicted octanol–water partition coefficient (Wildman–Crippen LogP) is 3.80. The van der Waals surface area contributed by atoms with Crippen molar-refractivity contribution in [3.8, 4) is 11.5 Å². The van der Waals surface area contributed by atoms with Gasteiger partial charge in [-0.15, -0.1) is 0 Å². The van der Waals surface area contributed by atoms with Gasteiger partial charge in [0.2, 0.25) is 0 Å². The van der Waals surface area contributed by atoms with E-state index >= 15 is 0 Å². The first-order valence-electron chi connectivity index (χ1n) is 8.59. The molecule has 7 heteroatoms. The molecule has 1 aliphatic heterocycles. The van der Waals surface area contributed by atoms with Gasteiger partial charge in [0, 0.05) is 22.6 Å². The van der Waals surface area contributed by atoms with Gasteiger partial charge in [-0.1, -0.05) is 28.1 Å². The van der Waals surface area contributed by atoms with Gasteiger partial charge in [-0.3, -0.25) is 0 Å². The lowest BCUT2D eigenvalue weighted by atomic mass is 9.94. The molecule has 1 atom stereocenters. The monoisotopic (exact) mass is 431 g/mol. The van der Waals surface area contributed by atoms with Crippen molar-refractivity contribution in [2.45, 2.75) is 19.4 Å². The first-order chi connectivity index (χ1) is 13.0. The van der Waals surface area contributed by atoms with Gasteiger partial charge in [0.05, 0.1) is 26.0 Å². The first-order valence-corrected chi connectivity index (χ1v) is 9.38. The van der Waals surface area contributed by atoms with E-state index in [-0.39, 0.29) is 12.1 Å². The van der Waals surface area contributed by atoms with E-state index in [1.165, 1.54) is 5.01 Å². The van der Waals surface area contributed by atoms with E-state index in [9.17, 15) is 4.79 Å². The molecule has 2 aromatic carbocycles. The molecule has 0 unspecified atom stereocenters. The van der Waals surface area contributed by atoms with Gasteiger partial charge in [0.1, 0.15) is 0 Å². The number of hydrogen-bond acceptors (Lipinski definition) is 4. The lowest BCUT2D eigenvalue weighted by molar-refractivity contribution is 0.184. The maximum absolute atomic E-state index is 12.4. The molecule has 1 N–H and O–H groups in total. The van der Waals surface area contributed by atoms with E-state index in [4.69, 9.17) is 14.6 Å². The highest BCUT2D eigenvalue weighted by molar-refractivity contribution is 9.10. The molecular formula is C20H22BrN3O3. The Morgan fingerprint density at radius 1 is 1.19 bits per heavy atom. The molecule has 0 saturated heterocycles. The summed E-state index contributed by atoms with van der Waals surface area (Å²) in [4.78, 5) is 12.4. The summed E-state index contributed by atoms with van der Waals surface area (Å²) in [6.07, 6.45) is 0.645. The van der Waals surface area contributed by atoms with Crippen LogP contribution in [0.2, 0.25) is 0 Å². The van der Waals surface area contributed by atoms with E-state index in [0.717, 1.165) is 21.2 Å². The lowest BCUT2D eigenvalue weighted by Crippen LogP contribution is -2.41. The summed E-state index contributed by atoms with van der Waals surface area (Å²) < 4.78 is 11.9. The van der Waals surface area contributed by atoms with Gasteiger partial charge in [-0.2, -0.15) is 5.10 Å². The Morgan fingerprint density at radius 2 is 1.81 bits per heavy atom. The van der Waals surface area contributed by atoms with Crippen LogP contribution in [0.5, 0.6) is 11.5 Å². The molecule has 3 rings (SSSR count). The van der Waals surface area contributed by atoms with Crippen LogP contribution in [-0.2, 0) is 6.42 Å². The number of nitrogens with one attached hydrogen (secondary N) is 1. The third-order valence-electron chi connectivity index (χ3n) is 4.54. The van der Waals surface area contributed by atoms with E-state index in [1.807, 2.05) is 43.3 Å². The number of hydrazone groups is 1. The molecule has 0 aliphatic carbocycles. The normalized spacial score (nSPS) is 16.1. The number of ether oxygens (including phenoxy) is 2. The molecule has 2 aromatic rings. The summed E-state index contributed by atoms with van der Waals surface area (Å²) in [7, 11) is 4.83. The smallest absolute Gasteiger partial charge is 0.337 e. The van der Waals surface area contributed by atoms with Crippen LogP contribution in [0.15, 0.2) is 46.0 Å². The number of methoxy groups -OCH3 is 2. The molecule has 0 spiro atoms. The minimum absolute atomic E-state index is 0.116. The standard InChI is InChI=1S/C20H22BrN3O3/c1-12-9-14-10-17(26-3)18(27-4)11-16(14)19(23-24(12)20(25)22-2)13-5-7-15(21)8-6-13/h5-8,10-12H,9H2,1-4H3,(H,22,25)/t12-/m1/s1. The van der Waals surface area contributed by atoms with Crippen LogP contribution in [0, 0.1) is 0 Å². The average molecular weight is 432 g/mol. The zero-order valence-electron chi connectivity index (χ0n) is 15.7. The fraction of sp³-hybridized carbons (Fsp3) is 0.300. The van der Waals surface area contributed by atoms with Crippen LogP contribution in [0.4, 0.5) is 4.79 Å². The maximum Gasteiger partial charge on any atom is 0.337 e. The fourth-order valence-corrected chi connectivity index (χ4v) is 3.42. The summed E-state index contributed by atoms with van der Waals surface area (Å²) >= 11 is 3.46. The average Bonchev–Trinajstić information content (AvgIpc) is 2.82. The molecule has 0 saturated carbocycles. The van der Waals surface area contributed by atoms with Gasteiger partial charge in [-0.05, 0) is 43.2 Å². The number of urea groups is 1. The molecule has 6 nitrogen and oxygen atoms in total. The Balaban J connectivity index is 2.24. The molecule has 0 radical (unpaired) electrons. The minimum atomic E-state index is -0.246. The van der Waals surface area contributed by atoms with Crippen LogP contribution in [-0.4, -0.2) is 44.1 Å². The Labute approximate surface area is 167 Å². The highest BCUT2D eigenvalue weighted by atomic mass is 79.9. The topological polar surface area (TPSA) is 63.2 Å². The molecular weight excluding hydrogens is 410 g/mol. The van der Waals surface area contributed by atoms with Crippen LogP contribution in [0.25, 0.3) is 0 Å². The van der Waals surface area contributed by atoms with Crippen LogP contribution in [0.3, 0.4) is 0 Å². The van der Waals surface area contributed by atoms with Crippen LogP contribution in [0.1, 0.15) is 23.6 Å². The van der Waals surface area contributed by atoms with Gasteiger partial charge in [0.15, 0.2) is 11.5 Å². The van der Waals surface area contributed by atoms with Crippen LogP contribution < -0.4 is 14.8 Å². The van der Waals surface area contributed by atoms with Crippen molar-refractivity contribution in [3.05, 3.63) is 57.6 Å². The number of carbonyl (C=O) groups is 1. The number of carbonyl (C=O) groups excluding carboxylic acids is 1. The minimum Gasteiger partial charge on any atom is -0.493 e. The Bertz CT molecular complexity index is 881. The molecule has 2 amide bonds. The number of benzene rings is 2. The van der Waals surface area contributed by atoms with Crippen molar-refractivity contribution >= 4 is 27.7 Å². The molecule has 0 aromatic heterocycles. The number of hydrogen-bond donors (Lipinski definition) is 1. The van der Waals surface area contributed by atoms with E-state index < -0.39 is 0 Å². The van der Waals surface area contributed by atoms with Gasteiger partial charge in [0.25, 0.3) is 0 Å². The highest BCUT2D eigenvalue weighted by Gasteiger charge is 2.28. The van der Waals surface area contributed by atoms with Gasteiger partial charge >= 0.3 is 6.03 Å².